The highest BCUT2D eigenvalue weighted by Gasteiger charge is 2.26. The van der Waals surface area contributed by atoms with Crippen molar-refractivity contribution < 1.29 is 5.11 Å². The van der Waals surface area contributed by atoms with Gasteiger partial charge in [-0.05, 0) is 51.3 Å². The van der Waals surface area contributed by atoms with Gasteiger partial charge in [0.05, 0.1) is 0 Å². The molecule has 0 aliphatic carbocycles. The van der Waals surface area contributed by atoms with E-state index in [4.69, 9.17) is 0 Å². The smallest absolute Gasteiger partial charge is 0.151 e. The molecule has 1 N–H and O–H groups in total. The summed E-state index contributed by atoms with van der Waals surface area (Å²) in [6.07, 6.45) is 3.53. The molecule has 2 aromatic rings. The van der Waals surface area contributed by atoms with Gasteiger partial charge in [-0.1, -0.05) is 71.5 Å². The normalized spacial score (nSPS) is 12.7. The van der Waals surface area contributed by atoms with Gasteiger partial charge in [-0.15, -0.1) is 0 Å². The molecule has 1 nitrogen and oxygen atoms in total. The second kappa shape index (κ2) is 7.81. The molecule has 1 atom stereocenters. The summed E-state index contributed by atoms with van der Waals surface area (Å²) >= 11 is 0. The fourth-order valence-electron chi connectivity index (χ4n) is 2.38. The first-order chi connectivity index (χ1) is 11.0. The monoisotopic (exact) mass is 304 g/mol. The van der Waals surface area contributed by atoms with E-state index in [0.717, 1.165) is 17.5 Å². The van der Waals surface area contributed by atoms with Crippen molar-refractivity contribution in [3.63, 3.8) is 0 Å². The van der Waals surface area contributed by atoms with Crippen LogP contribution in [0, 0.1) is 18.8 Å². The summed E-state index contributed by atoms with van der Waals surface area (Å²) in [5.41, 5.74) is 3.08. The Labute approximate surface area is 139 Å². The largest absolute Gasteiger partial charge is 0.373 e. The quantitative estimate of drug-likeness (QED) is 0.624. The van der Waals surface area contributed by atoms with Crippen molar-refractivity contribution >= 4 is 0 Å². The maximum Gasteiger partial charge on any atom is 0.151 e. The summed E-state index contributed by atoms with van der Waals surface area (Å²) < 4.78 is 0. The van der Waals surface area contributed by atoms with Crippen molar-refractivity contribution in [2.75, 3.05) is 0 Å². The number of rotatable bonds is 4. The Bertz CT molecular complexity index is 710. The van der Waals surface area contributed by atoms with E-state index in [0.29, 0.717) is 6.42 Å². The molecule has 23 heavy (non-hydrogen) atoms. The van der Waals surface area contributed by atoms with Gasteiger partial charge in [-0.2, -0.15) is 0 Å². The zero-order chi connectivity index (χ0) is 16.7. The Hall–Kier alpha value is -2.30. The third-order valence-electron chi connectivity index (χ3n) is 3.78. The molecule has 0 aromatic heterocycles. The van der Waals surface area contributed by atoms with Crippen LogP contribution in [-0.2, 0) is 5.60 Å². The zero-order valence-corrected chi connectivity index (χ0v) is 14.1. The van der Waals surface area contributed by atoms with Crippen LogP contribution < -0.4 is 0 Å². The molecule has 1 heteroatoms. The average Bonchev–Trinajstić information content (AvgIpc) is 2.54. The number of hydrogen-bond acceptors (Lipinski definition) is 1. The van der Waals surface area contributed by atoms with E-state index in [1.54, 1.807) is 0 Å². The predicted molar refractivity (Wildman–Crippen MR) is 97.1 cm³/mol. The molecule has 118 valence electrons. The van der Waals surface area contributed by atoms with Crippen LogP contribution >= 0.6 is 0 Å². The fraction of sp³-hybridized carbons (Fsp3) is 0.273. The van der Waals surface area contributed by atoms with Crippen LogP contribution in [0.15, 0.2) is 66.2 Å². The Morgan fingerprint density at radius 1 is 1.04 bits per heavy atom. The van der Waals surface area contributed by atoms with Gasteiger partial charge >= 0.3 is 0 Å². The summed E-state index contributed by atoms with van der Waals surface area (Å²) in [7, 11) is 0. The molecule has 0 aliphatic rings. The molecule has 0 saturated heterocycles. The molecule has 2 rings (SSSR count). The van der Waals surface area contributed by atoms with Crippen LogP contribution in [-0.4, -0.2) is 5.11 Å². The van der Waals surface area contributed by atoms with E-state index in [-0.39, 0.29) is 0 Å². The van der Waals surface area contributed by atoms with Gasteiger partial charge in [-0.3, -0.25) is 0 Å². The molecule has 0 unspecified atom stereocenters. The molecule has 0 spiro atoms. The van der Waals surface area contributed by atoms with Gasteiger partial charge in [0.25, 0.3) is 0 Å². The minimum absolute atomic E-state index is 0.584. The zero-order valence-electron chi connectivity index (χ0n) is 14.1. The van der Waals surface area contributed by atoms with Crippen molar-refractivity contribution in [1.29, 1.82) is 0 Å². The average molecular weight is 304 g/mol. The lowest BCUT2D eigenvalue weighted by atomic mass is 9.88. The highest BCUT2D eigenvalue weighted by atomic mass is 16.3. The number of aliphatic hydroxyl groups is 1. The first kappa shape index (κ1) is 17.1. The highest BCUT2D eigenvalue weighted by Crippen LogP contribution is 2.27. The standard InChI is InChI=1S/C22H24O/c1-18(2)8-7-16-22(23,21-13-11-19(3)12-14-21)17-15-20-9-5-4-6-10-20/h4-6,8-14,23H,7,16H2,1-3H3/t22-/m0/s1. The lowest BCUT2D eigenvalue weighted by Crippen LogP contribution is -2.23. The van der Waals surface area contributed by atoms with Gasteiger partial charge in [0.15, 0.2) is 5.60 Å². The summed E-state index contributed by atoms with van der Waals surface area (Å²) in [6.45, 7) is 6.18. The van der Waals surface area contributed by atoms with Crippen molar-refractivity contribution in [2.24, 2.45) is 0 Å². The van der Waals surface area contributed by atoms with Gasteiger partial charge < -0.3 is 5.11 Å². The van der Waals surface area contributed by atoms with Gasteiger partial charge in [0.1, 0.15) is 0 Å². The molecule has 0 saturated carbocycles. The van der Waals surface area contributed by atoms with Crippen LogP contribution in [0.4, 0.5) is 0 Å². The van der Waals surface area contributed by atoms with Gasteiger partial charge in [0, 0.05) is 5.56 Å². The molecule has 0 amide bonds. The molecule has 0 aliphatic heterocycles. The van der Waals surface area contributed by atoms with Crippen molar-refractivity contribution in [2.45, 2.75) is 39.2 Å². The Kier molecular flexibility index (Phi) is 5.79. The van der Waals surface area contributed by atoms with Crippen LogP contribution in [0.2, 0.25) is 0 Å². The van der Waals surface area contributed by atoms with Crippen molar-refractivity contribution in [1.82, 2.24) is 0 Å². The number of allylic oxidation sites excluding steroid dienone is 2. The summed E-state index contributed by atoms with van der Waals surface area (Å²) in [5, 5.41) is 11.1. The van der Waals surface area contributed by atoms with Crippen LogP contribution in [0.3, 0.4) is 0 Å². The molecule has 0 radical (unpaired) electrons. The minimum Gasteiger partial charge on any atom is -0.373 e. The topological polar surface area (TPSA) is 20.2 Å². The van der Waals surface area contributed by atoms with Crippen LogP contribution in [0.25, 0.3) is 0 Å². The Morgan fingerprint density at radius 2 is 1.70 bits per heavy atom. The van der Waals surface area contributed by atoms with E-state index in [1.807, 2.05) is 61.5 Å². The number of hydrogen-bond donors (Lipinski definition) is 1. The second-order valence-corrected chi connectivity index (χ2v) is 6.16. The second-order valence-electron chi connectivity index (χ2n) is 6.16. The highest BCUT2D eigenvalue weighted by molar-refractivity contribution is 5.40. The van der Waals surface area contributed by atoms with Crippen LogP contribution in [0.1, 0.15) is 43.4 Å². The van der Waals surface area contributed by atoms with E-state index in [2.05, 4.69) is 31.8 Å². The SMILES string of the molecule is CC(C)=CCC[C@](O)(C#Cc1ccccc1)c1ccc(C)cc1. The van der Waals surface area contributed by atoms with E-state index in [9.17, 15) is 5.11 Å². The number of aryl methyl sites for hydroxylation is 1. The third kappa shape index (κ3) is 5.13. The first-order valence-corrected chi connectivity index (χ1v) is 8.01. The fourth-order valence-corrected chi connectivity index (χ4v) is 2.38. The Morgan fingerprint density at radius 3 is 2.30 bits per heavy atom. The molecule has 2 aromatic carbocycles. The minimum atomic E-state index is -1.13. The molecule has 0 bridgehead atoms. The lowest BCUT2D eigenvalue weighted by molar-refractivity contribution is 0.0913. The first-order valence-electron chi connectivity index (χ1n) is 8.01. The van der Waals surface area contributed by atoms with E-state index in [1.165, 1.54) is 11.1 Å². The van der Waals surface area contributed by atoms with Crippen molar-refractivity contribution in [3.8, 4) is 11.8 Å². The van der Waals surface area contributed by atoms with E-state index < -0.39 is 5.60 Å². The Balaban J connectivity index is 2.32. The maximum absolute atomic E-state index is 11.1. The summed E-state index contributed by atoms with van der Waals surface area (Å²) in [4.78, 5) is 0. The van der Waals surface area contributed by atoms with Crippen molar-refractivity contribution in [3.05, 3.63) is 82.9 Å². The summed E-state index contributed by atoms with van der Waals surface area (Å²) in [6, 6.07) is 17.8. The molecule has 0 fully saturated rings. The molecule has 0 heterocycles. The predicted octanol–water partition coefficient (Wildman–Crippen LogP) is 4.98. The third-order valence-corrected chi connectivity index (χ3v) is 3.78. The van der Waals surface area contributed by atoms with E-state index >= 15 is 0 Å². The van der Waals surface area contributed by atoms with Gasteiger partial charge in [-0.25, -0.2) is 0 Å². The lowest BCUT2D eigenvalue weighted by Gasteiger charge is -2.22. The number of benzene rings is 2. The van der Waals surface area contributed by atoms with Crippen LogP contribution in [0.5, 0.6) is 0 Å². The molecular formula is C22H24O. The maximum atomic E-state index is 11.1. The molecular weight excluding hydrogens is 280 g/mol. The summed E-state index contributed by atoms with van der Waals surface area (Å²) in [5.74, 6) is 6.21. The van der Waals surface area contributed by atoms with Gasteiger partial charge in [0.2, 0.25) is 0 Å².